The lowest BCUT2D eigenvalue weighted by molar-refractivity contribution is 0.0683. The van der Waals surface area contributed by atoms with Gasteiger partial charge in [0.25, 0.3) is 23.6 Å². The van der Waals surface area contributed by atoms with Crippen LogP contribution in [0.4, 0.5) is 11.4 Å². The molecule has 3 aromatic rings. The van der Waals surface area contributed by atoms with Gasteiger partial charge in [-0.1, -0.05) is 0 Å². The highest BCUT2D eigenvalue weighted by Crippen LogP contribution is 2.37. The zero-order chi connectivity index (χ0) is 33.2. The zero-order valence-electron chi connectivity index (χ0n) is 21.9. The van der Waals surface area contributed by atoms with Crippen molar-refractivity contribution < 1.29 is 39.0 Å². The zero-order valence-corrected chi connectivity index (χ0v) is 34.9. The maximum Gasteiger partial charge on any atom is 0.337 e. The van der Waals surface area contributed by atoms with Crippen LogP contribution in [0.1, 0.15) is 62.1 Å². The van der Waals surface area contributed by atoms with E-state index in [9.17, 15) is 39.0 Å². The van der Waals surface area contributed by atoms with Gasteiger partial charge in [0.05, 0.1) is 47.9 Å². The first-order valence-electron chi connectivity index (χ1n) is 11.6. The van der Waals surface area contributed by atoms with Crippen molar-refractivity contribution in [2.24, 2.45) is 0 Å². The molecule has 3 aromatic carbocycles. The molecule has 4 amide bonds. The minimum Gasteiger partial charge on any atom is -0.478 e. The highest BCUT2D eigenvalue weighted by Gasteiger charge is 2.30. The largest absolute Gasteiger partial charge is 0.478 e. The Balaban J connectivity index is 1.97. The number of amides is 4. The van der Waals surface area contributed by atoms with Crippen molar-refractivity contribution in [2.75, 3.05) is 24.7 Å². The Labute approximate surface area is 331 Å². The molecule has 0 saturated heterocycles. The quantitative estimate of drug-likeness (QED) is 0.150. The smallest absolute Gasteiger partial charge is 0.337 e. The Kier molecular flexibility index (Phi) is 13.3. The van der Waals surface area contributed by atoms with Gasteiger partial charge >= 0.3 is 11.9 Å². The third-order valence-corrected chi connectivity index (χ3v) is 12.3. The van der Waals surface area contributed by atoms with Crippen molar-refractivity contribution in [1.82, 2.24) is 10.6 Å². The van der Waals surface area contributed by atoms with E-state index in [0.29, 0.717) is 7.14 Å². The number of nitrogens with one attached hydrogen (secondary N) is 4. The molecule has 6 N–H and O–H groups in total. The summed E-state index contributed by atoms with van der Waals surface area (Å²) in [5.41, 5.74) is 0.545. The monoisotopic (exact) mass is 1270 g/mol. The summed E-state index contributed by atoms with van der Waals surface area (Å²) in [5, 5.41) is 29.9. The highest BCUT2D eigenvalue weighted by atomic mass is 127. The SMILES string of the molecule is CNC(=O)c1c(I)c(NC(=O)c2ccc(C(=O)Nc3c(I)c(C(=O)O)c(I)c(C(=O)NC)c3I)cc2)c(I)c(C(=O)O)c1I. The summed E-state index contributed by atoms with van der Waals surface area (Å²) in [6.07, 6.45) is 0. The number of carboxylic acids is 2. The van der Waals surface area contributed by atoms with Gasteiger partial charge in [-0.05, 0) is 160 Å². The first kappa shape index (κ1) is 37.3. The average Bonchev–Trinajstić information content (AvgIpc) is 2.96. The van der Waals surface area contributed by atoms with E-state index in [1.165, 1.54) is 38.4 Å². The van der Waals surface area contributed by atoms with E-state index in [-0.39, 0.29) is 59.0 Å². The van der Waals surface area contributed by atoms with Gasteiger partial charge in [0.2, 0.25) is 0 Å². The maximum absolute atomic E-state index is 13.2. The molecular formula is C26H16I6N4O8. The number of aromatic carboxylic acids is 2. The topological polar surface area (TPSA) is 191 Å². The number of carbonyl (C=O) groups is 6. The van der Waals surface area contributed by atoms with E-state index in [1.54, 1.807) is 90.4 Å². The molecule has 18 heteroatoms. The predicted molar refractivity (Wildman–Crippen MR) is 212 cm³/mol. The standard InChI is InChI=1S/C26H16I6N4O8/c1-33-23(39)9-13(27)11(25(41)42)17(31)19(15(9)29)35-21(37)7-3-5-8(6-4-7)22(38)36-20-16(30)10(24(40)34-2)14(28)12(18(20)32)26(43)44/h3-6H,1-2H3,(H,33,39)(H,34,40)(H,35,37)(H,36,38)(H,41,42)(H,43,44). The van der Waals surface area contributed by atoms with Gasteiger partial charge in [0, 0.05) is 32.4 Å². The van der Waals surface area contributed by atoms with Crippen molar-refractivity contribution in [3.05, 3.63) is 79.1 Å². The molecule has 0 aromatic heterocycles. The predicted octanol–water partition coefficient (Wildman–Crippen LogP) is 5.93. The number of rotatable bonds is 8. The number of hydrogen-bond acceptors (Lipinski definition) is 6. The second-order valence-corrected chi connectivity index (χ2v) is 14.9. The van der Waals surface area contributed by atoms with Crippen LogP contribution in [0.25, 0.3) is 0 Å². The summed E-state index contributed by atoms with van der Waals surface area (Å²) >= 11 is 10.9. The van der Waals surface area contributed by atoms with Gasteiger partial charge in [-0.2, -0.15) is 0 Å². The molecule has 230 valence electrons. The Bertz CT molecular complexity index is 1650. The van der Waals surface area contributed by atoms with Crippen molar-refractivity contribution in [2.45, 2.75) is 0 Å². The summed E-state index contributed by atoms with van der Waals surface area (Å²) in [6, 6.07) is 5.54. The summed E-state index contributed by atoms with van der Waals surface area (Å²) in [5.74, 6) is -4.78. The van der Waals surface area contributed by atoms with E-state index in [2.05, 4.69) is 21.3 Å². The molecule has 44 heavy (non-hydrogen) atoms. The normalized spacial score (nSPS) is 10.5. The van der Waals surface area contributed by atoms with E-state index >= 15 is 0 Å². The second-order valence-electron chi connectivity index (χ2n) is 8.39. The lowest BCUT2D eigenvalue weighted by atomic mass is 10.1. The molecule has 0 spiro atoms. The van der Waals surface area contributed by atoms with Gasteiger partial charge in [-0.25, -0.2) is 9.59 Å². The number of halogens is 6. The Morgan fingerprint density at radius 2 is 0.750 bits per heavy atom. The van der Waals surface area contributed by atoms with Crippen molar-refractivity contribution in [3.8, 4) is 0 Å². The van der Waals surface area contributed by atoms with Crippen molar-refractivity contribution in [1.29, 1.82) is 0 Å². The van der Waals surface area contributed by atoms with Crippen LogP contribution in [0.15, 0.2) is 24.3 Å². The average molecular weight is 1270 g/mol. The van der Waals surface area contributed by atoms with Crippen LogP contribution in [0.3, 0.4) is 0 Å². The fourth-order valence-corrected chi connectivity index (χ4v) is 12.5. The molecule has 0 aliphatic rings. The molecule has 3 rings (SSSR count). The second kappa shape index (κ2) is 15.6. The molecule has 0 bridgehead atoms. The summed E-state index contributed by atoms with van der Waals surface area (Å²) in [6.45, 7) is 0. The van der Waals surface area contributed by atoms with Crippen LogP contribution >= 0.6 is 136 Å². The number of benzene rings is 3. The minimum atomic E-state index is -1.26. The molecule has 0 unspecified atom stereocenters. The van der Waals surface area contributed by atoms with Gasteiger partial charge in [0.15, 0.2) is 0 Å². The lowest BCUT2D eigenvalue weighted by Crippen LogP contribution is -2.25. The number of carbonyl (C=O) groups excluding carboxylic acids is 4. The fourth-order valence-electron chi connectivity index (χ4n) is 3.72. The summed E-state index contributed by atoms with van der Waals surface area (Å²) < 4.78 is 1.63. The van der Waals surface area contributed by atoms with Crippen LogP contribution in [0.5, 0.6) is 0 Å². The van der Waals surface area contributed by atoms with E-state index in [4.69, 9.17) is 0 Å². The molecule has 0 aliphatic carbocycles. The van der Waals surface area contributed by atoms with Crippen molar-refractivity contribution in [3.63, 3.8) is 0 Å². The van der Waals surface area contributed by atoms with Gasteiger partial charge < -0.3 is 31.5 Å². The Hall–Kier alpha value is -1.14. The van der Waals surface area contributed by atoms with Crippen LogP contribution in [-0.4, -0.2) is 59.9 Å². The molecule has 0 heterocycles. The molecule has 0 saturated carbocycles. The maximum atomic E-state index is 13.2. The van der Waals surface area contributed by atoms with Crippen LogP contribution in [-0.2, 0) is 0 Å². The molecule has 0 fully saturated rings. The molecule has 0 aliphatic heterocycles. The summed E-state index contributed by atoms with van der Waals surface area (Å²) in [4.78, 5) is 75.5. The Morgan fingerprint density at radius 3 is 1.00 bits per heavy atom. The fraction of sp³-hybridized carbons (Fsp3) is 0.0769. The van der Waals surface area contributed by atoms with Gasteiger partial charge in [-0.3, -0.25) is 19.2 Å². The molecule has 0 atom stereocenters. The van der Waals surface area contributed by atoms with Crippen molar-refractivity contribution >= 4 is 182 Å². The molecule has 0 radical (unpaired) electrons. The molecule has 12 nitrogen and oxygen atoms in total. The van der Waals surface area contributed by atoms with Crippen LogP contribution in [0, 0.1) is 21.4 Å². The number of hydrogen-bond donors (Lipinski definition) is 6. The number of anilines is 2. The van der Waals surface area contributed by atoms with Gasteiger partial charge in [-0.15, -0.1) is 0 Å². The first-order valence-corrected chi connectivity index (χ1v) is 18.1. The lowest BCUT2D eigenvalue weighted by Gasteiger charge is -2.18. The summed E-state index contributed by atoms with van der Waals surface area (Å²) in [7, 11) is 2.82. The minimum absolute atomic E-state index is 0.110. The third kappa shape index (κ3) is 7.53. The first-order chi connectivity index (χ1) is 20.6. The van der Waals surface area contributed by atoms with Gasteiger partial charge in [0.1, 0.15) is 0 Å². The van der Waals surface area contributed by atoms with Crippen LogP contribution in [0.2, 0.25) is 0 Å². The Morgan fingerprint density at radius 1 is 0.477 bits per heavy atom. The molecular weight excluding hydrogens is 1260 g/mol. The third-order valence-electron chi connectivity index (χ3n) is 5.86. The van der Waals surface area contributed by atoms with E-state index in [1.807, 2.05) is 45.2 Å². The van der Waals surface area contributed by atoms with E-state index in [0.717, 1.165) is 0 Å². The van der Waals surface area contributed by atoms with E-state index < -0.39 is 35.6 Å². The number of carboxylic acid groups (broad SMARTS) is 2. The van der Waals surface area contributed by atoms with Crippen LogP contribution < -0.4 is 21.3 Å². The highest BCUT2D eigenvalue weighted by molar-refractivity contribution is 14.1.